The number of carbonyl (C=O) groups excluding carboxylic acids is 1. The molecular weight excluding hydrogens is 368 g/mol. The SMILES string of the molecule is CN[C@H]1CCCC[C@H]1Nc1cnc(C(N)=O)c(Nc2cnc3cccnc3c2)n1. The molecule has 5 N–H and O–H groups in total. The molecule has 150 valence electrons. The van der Waals surface area contributed by atoms with Crippen LogP contribution in [0.15, 0.2) is 36.8 Å². The standard InChI is InChI=1S/C20H24N8O/c1-22-13-5-2-3-6-15(13)27-17-11-25-18(19(21)29)20(28-17)26-12-9-16-14(24-10-12)7-4-8-23-16/h4,7-11,13,15,22H,2-3,5-6H2,1H3,(H2,21,29)(H2,26,27,28)/t13-,15+/m0/s1. The van der Waals surface area contributed by atoms with Crippen LogP contribution in [-0.2, 0) is 0 Å². The summed E-state index contributed by atoms with van der Waals surface area (Å²) in [5.41, 5.74) is 7.74. The molecule has 1 aliphatic rings. The highest BCUT2D eigenvalue weighted by atomic mass is 16.1. The lowest BCUT2D eigenvalue weighted by molar-refractivity contribution is 0.0996. The van der Waals surface area contributed by atoms with Crippen molar-refractivity contribution in [2.75, 3.05) is 17.7 Å². The Morgan fingerprint density at radius 2 is 1.93 bits per heavy atom. The molecule has 3 aromatic rings. The van der Waals surface area contributed by atoms with Crippen LogP contribution in [0.2, 0.25) is 0 Å². The fourth-order valence-corrected chi connectivity index (χ4v) is 3.72. The van der Waals surface area contributed by atoms with E-state index in [1.165, 1.54) is 12.8 Å². The number of hydrogen-bond acceptors (Lipinski definition) is 8. The molecule has 9 heteroatoms. The summed E-state index contributed by atoms with van der Waals surface area (Å²) in [5.74, 6) is 0.233. The third-order valence-electron chi connectivity index (χ3n) is 5.19. The first-order chi connectivity index (χ1) is 14.1. The summed E-state index contributed by atoms with van der Waals surface area (Å²) in [6.07, 6.45) is 9.46. The number of aromatic nitrogens is 4. The molecule has 0 spiro atoms. The molecule has 0 bridgehead atoms. The largest absolute Gasteiger partial charge is 0.364 e. The van der Waals surface area contributed by atoms with E-state index in [4.69, 9.17) is 5.73 Å². The van der Waals surface area contributed by atoms with E-state index in [1.807, 2.05) is 25.2 Å². The average molecular weight is 392 g/mol. The number of anilines is 3. The van der Waals surface area contributed by atoms with Crippen molar-refractivity contribution in [1.82, 2.24) is 25.3 Å². The van der Waals surface area contributed by atoms with E-state index < -0.39 is 5.91 Å². The highest BCUT2D eigenvalue weighted by molar-refractivity contribution is 5.96. The van der Waals surface area contributed by atoms with Crippen LogP contribution in [-0.4, -0.2) is 45.0 Å². The van der Waals surface area contributed by atoms with Gasteiger partial charge in [0.25, 0.3) is 5.91 Å². The summed E-state index contributed by atoms with van der Waals surface area (Å²) < 4.78 is 0. The summed E-state index contributed by atoms with van der Waals surface area (Å²) in [6, 6.07) is 6.17. The molecule has 1 amide bonds. The van der Waals surface area contributed by atoms with Crippen molar-refractivity contribution in [2.24, 2.45) is 5.73 Å². The number of hydrogen-bond donors (Lipinski definition) is 4. The first-order valence-corrected chi connectivity index (χ1v) is 9.72. The fourth-order valence-electron chi connectivity index (χ4n) is 3.72. The van der Waals surface area contributed by atoms with Gasteiger partial charge in [-0.05, 0) is 38.1 Å². The summed E-state index contributed by atoms with van der Waals surface area (Å²) in [6.45, 7) is 0. The van der Waals surface area contributed by atoms with Gasteiger partial charge in [0.05, 0.1) is 29.1 Å². The van der Waals surface area contributed by atoms with Crippen LogP contribution in [0.25, 0.3) is 11.0 Å². The second kappa shape index (κ2) is 8.36. The van der Waals surface area contributed by atoms with Crippen molar-refractivity contribution in [3.05, 3.63) is 42.5 Å². The second-order valence-electron chi connectivity index (χ2n) is 7.14. The zero-order chi connectivity index (χ0) is 20.2. The summed E-state index contributed by atoms with van der Waals surface area (Å²) in [5, 5.41) is 9.92. The number of rotatable bonds is 6. The Morgan fingerprint density at radius 1 is 1.10 bits per heavy atom. The lowest BCUT2D eigenvalue weighted by Crippen LogP contribution is -2.44. The number of carbonyl (C=O) groups is 1. The van der Waals surface area contributed by atoms with Crippen LogP contribution in [0.4, 0.5) is 17.3 Å². The maximum Gasteiger partial charge on any atom is 0.271 e. The fraction of sp³-hybridized carbons (Fsp3) is 0.350. The Balaban J connectivity index is 1.61. The molecule has 2 atom stereocenters. The smallest absolute Gasteiger partial charge is 0.271 e. The predicted octanol–water partition coefficient (Wildman–Crippen LogP) is 2.20. The van der Waals surface area contributed by atoms with E-state index in [9.17, 15) is 4.79 Å². The van der Waals surface area contributed by atoms with E-state index in [1.54, 1.807) is 18.6 Å². The van der Waals surface area contributed by atoms with E-state index in [-0.39, 0.29) is 17.6 Å². The number of likely N-dealkylation sites (N-methyl/N-ethyl adjacent to an activating group) is 1. The number of nitrogens with zero attached hydrogens (tertiary/aromatic N) is 4. The normalized spacial score (nSPS) is 19.1. The molecule has 0 aliphatic heterocycles. The zero-order valence-electron chi connectivity index (χ0n) is 16.2. The highest BCUT2D eigenvalue weighted by Crippen LogP contribution is 2.24. The minimum atomic E-state index is -0.649. The van der Waals surface area contributed by atoms with E-state index in [0.29, 0.717) is 17.5 Å². The molecule has 3 aromatic heterocycles. The Hall–Kier alpha value is -3.33. The number of pyridine rings is 2. The van der Waals surface area contributed by atoms with E-state index in [2.05, 4.69) is 35.9 Å². The van der Waals surface area contributed by atoms with Crippen molar-refractivity contribution in [1.29, 1.82) is 0 Å². The summed E-state index contributed by atoms with van der Waals surface area (Å²) >= 11 is 0. The minimum Gasteiger partial charge on any atom is -0.364 e. The predicted molar refractivity (Wildman–Crippen MR) is 112 cm³/mol. The van der Waals surface area contributed by atoms with Crippen LogP contribution in [0.5, 0.6) is 0 Å². The molecule has 29 heavy (non-hydrogen) atoms. The molecule has 3 heterocycles. The molecule has 0 unspecified atom stereocenters. The molecule has 1 aliphatic carbocycles. The molecule has 4 rings (SSSR count). The van der Waals surface area contributed by atoms with Gasteiger partial charge < -0.3 is 21.7 Å². The van der Waals surface area contributed by atoms with Crippen molar-refractivity contribution >= 4 is 34.3 Å². The Kier molecular flexibility index (Phi) is 5.48. The molecule has 0 radical (unpaired) electrons. The monoisotopic (exact) mass is 392 g/mol. The molecule has 0 aromatic carbocycles. The Bertz CT molecular complexity index is 1020. The minimum absolute atomic E-state index is 0.0745. The van der Waals surface area contributed by atoms with Crippen molar-refractivity contribution in [3.63, 3.8) is 0 Å². The number of primary amides is 1. The van der Waals surface area contributed by atoms with Gasteiger partial charge in [0.15, 0.2) is 11.5 Å². The lowest BCUT2D eigenvalue weighted by Gasteiger charge is -2.32. The van der Waals surface area contributed by atoms with E-state index in [0.717, 1.165) is 23.9 Å². The highest BCUT2D eigenvalue weighted by Gasteiger charge is 2.24. The van der Waals surface area contributed by atoms with Gasteiger partial charge in [-0.1, -0.05) is 12.8 Å². The van der Waals surface area contributed by atoms with Crippen molar-refractivity contribution < 1.29 is 4.79 Å². The maximum atomic E-state index is 11.8. The van der Waals surface area contributed by atoms with Gasteiger partial charge in [-0.25, -0.2) is 9.97 Å². The van der Waals surface area contributed by atoms with Crippen LogP contribution < -0.4 is 21.7 Å². The quantitative estimate of drug-likeness (QED) is 0.502. The third-order valence-corrected chi connectivity index (χ3v) is 5.19. The third kappa shape index (κ3) is 4.24. The number of nitrogens with one attached hydrogen (secondary N) is 3. The Morgan fingerprint density at radius 3 is 2.72 bits per heavy atom. The summed E-state index contributed by atoms with van der Waals surface area (Å²) in [7, 11) is 1.97. The maximum absolute atomic E-state index is 11.8. The molecule has 9 nitrogen and oxygen atoms in total. The van der Waals surface area contributed by atoms with Gasteiger partial charge in [0, 0.05) is 18.3 Å². The number of nitrogens with two attached hydrogens (primary N) is 1. The van der Waals surface area contributed by atoms with Gasteiger partial charge in [-0.3, -0.25) is 14.8 Å². The number of fused-ring (bicyclic) bond motifs is 1. The summed E-state index contributed by atoms with van der Waals surface area (Å²) in [4.78, 5) is 29.3. The van der Waals surface area contributed by atoms with Gasteiger partial charge in [-0.2, -0.15) is 0 Å². The van der Waals surface area contributed by atoms with Crippen molar-refractivity contribution in [3.8, 4) is 0 Å². The van der Waals surface area contributed by atoms with Crippen LogP contribution >= 0.6 is 0 Å². The van der Waals surface area contributed by atoms with Gasteiger partial charge >= 0.3 is 0 Å². The first-order valence-electron chi connectivity index (χ1n) is 9.72. The van der Waals surface area contributed by atoms with Gasteiger partial charge in [0.1, 0.15) is 5.82 Å². The van der Waals surface area contributed by atoms with Crippen LogP contribution in [0.1, 0.15) is 36.2 Å². The first kappa shape index (κ1) is 19.0. The molecule has 0 saturated heterocycles. The molecular formula is C20H24N8O. The van der Waals surface area contributed by atoms with Crippen molar-refractivity contribution in [2.45, 2.75) is 37.8 Å². The van der Waals surface area contributed by atoms with Gasteiger partial charge in [0.2, 0.25) is 0 Å². The number of amides is 1. The molecule has 1 saturated carbocycles. The molecule has 1 fully saturated rings. The second-order valence-corrected chi connectivity index (χ2v) is 7.14. The Labute approximate surface area is 168 Å². The van der Waals surface area contributed by atoms with Crippen LogP contribution in [0, 0.1) is 0 Å². The van der Waals surface area contributed by atoms with Gasteiger partial charge in [-0.15, -0.1) is 0 Å². The average Bonchev–Trinajstić information content (AvgIpc) is 2.74. The zero-order valence-corrected chi connectivity index (χ0v) is 16.2. The topological polar surface area (TPSA) is 131 Å². The van der Waals surface area contributed by atoms with Crippen LogP contribution in [0.3, 0.4) is 0 Å². The van der Waals surface area contributed by atoms with E-state index >= 15 is 0 Å². The lowest BCUT2D eigenvalue weighted by atomic mass is 9.90.